The molecule has 0 atom stereocenters. The maximum atomic E-state index is 13.1. The first-order chi connectivity index (χ1) is 14.5. The summed E-state index contributed by atoms with van der Waals surface area (Å²) in [5, 5.41) is 11.6. The maximum Gasteiger partial charge on any atom is 0.341 e. The highest BCUT2D eigenvalue weighted by molar-refractivity contribution is 6.31. The largest absolute Gasteiger partial charge is 0.495 e. The second kappa shape index (κ2) is 8.60. The van der Waals surface area contributed by atoms with Crippen LogP contribution < -0.4 is 5.56 Å². The Balaban J connectivity index is 2.47. The first-order valence-corrected chi connectivity index (χ1v) is 10.4. The molecule has 1 N–H and O–H groups in total. The fraction of sp³-hybridized carbons (Fsp3) is 0.280. The van der Waals surface area contributed by atoms with E-state index in [-0.39, 0.29) is 16.8 Å². The van der Waals surface area contributed by atoms with Gasteiger partial charge in [0.1, 0.15) is 11.8 Å². The van der Waals surface area contributed by atoms with E-state index in [0.29, 0.717) is 21.4 Å². The molecule has 0 saturated heterocycles. The molecule has 0 spiro atoms. The van der Waals surface area contributed by atoms with Crippen LogP contribution in [0.25, 0.3) is 27.5 Å². The summed E-state index contributed by atoms with van der Waals surface area (Å²) in [6, 6.07) is 12.9. The van der Waals surface area contributed by atoms with Crippen molar-refractivity contribution < 1.29 is 14.6 Å². The van der Waals surface area contributed by atoms with Crippen molar-refractivity contribution in [3.63, 3.8) is 0 Å². The average Bonchev–Trinajstić information content (AvgIpc) is 2.70. The van der Waals surface area contributed by atoms with Crippen LogP contribution in [0.5, 0.6) is 0 Å². The van der Waals surface area contributed by atoms with Crippen molar-refractivity contribution in [3.05, 3.63) is 75.4 Å². The fourth-order valence-corrected chi connectivity index (χ4v) is 3.62. The first-order valence-electron chi connectivity index (χ1n) is 10.1. The third-order valence-electron chi connectivity index (χ3n) is 5.02. The minimum atomic E-state index is -1.19. The van der Waals surface area contributed by atoms with Crippen LogP contribution in [-0.2, 0) is 23.0 Å². The van der Waals surface area contributed by atoms with Crippen molar-refractivity contribution in [2.45, 2.75) is 39.7 Å². The standard InChI is InChI=1S/C25H26ClNO4/c1-6-15-7-9-16(10-8-15)21-19-13-17(26)11-12-18(19)23(28)27(5)22(21)20(24(29)30)14-31-25(2,3)4/h7-14H,6H2,1-5H3,(H,29,30)/b20-14-. The zero-order chi connectivity index (χ0) is 22.9. The van der Waals surface area contributed by atoms with E-state index in [4.69, 9.17) is 16.3 Å². The molecular weight excluding hydrogens is 414 g/mol. The minimum absolute atomic E-state index is 0.106. The highest BCUT2D eigenvalue weighted by atomic mass is 35.5. The monoisotopic (exact) mass is 439 g/mol. The van der Waals surface area contributed by atoms with Crippen molar-refractivity contribution in [2.75, 3.05) is 0 Å². The Morgan fingerprint density at radius 3 is 2.32 bits per heavy atom. The number of aromatic nitrogens is 1. The first kappa shape index (κ1) is 22.6. The van der Waals surface area contributed by atoms with E-state index in [1.807, 2.05) is 45.0 Å². The molecule has 0 aliphatic heterocycles. The van der Waals surface area contributed by atoms with Gasteiger partial charge in [0.05, 0.1) is 11.3 Å². The van der Waals surface area contributed by atoms with Gasteiger partial charge in [-0.25, -0.2) is 4.79 Å². The van der Waals surface area contributed by atoms with Crippen molar-refractivity contribution >= 4 is 33.9 Å². The zero-order valence-electron chi connectivity index (χ0n) is 18.3. The summed E-state index contributed by atoms with van der Waals surface area (Å²) in [6.45, 7) is 7.54. The third kappa shape index (κ3) is 4.67. The van der Waals surface area contributed by atoms with E-state index in [0.717, 1.165) is 17.5 Å². The fourth-order valence-electron chi connectivity index (χ4n) is 3.45. The van der Waals surface area contributed by atoms with E-state index >= 15 is 0 Å². The quantitative estimate of drug-likeness (QED) is 0.411. The van der Waals surface area contributed by atoms with Crippen LogP contribution in [0.1, 0.15) is 39.0 Å². The van der Waals surface area contributed by atoms with Gasteiger partial charge >= 0.3 is 5.97 Å². The average molecular weight is 440 g/mol. The van der Waals surface area contributed by atoms with Crippen LogP contribution >= 0.6 is 11.6 Å². The molecule has 0 radical (unpaired) electrons. The van der Waals surface area contributed by atoms with E-state index in [2.05, 4.69) is 6.92 Å². The number of benzene rings is 2. The summed E-state index contributed by atoms with van der Waals surface area (Å²) < 4.78 is 7.05. The van der Waals surface area contributed by atoms with Gasteiger partial charge in [0, 0.05) is 23.0 Å². The van der Waals surface area contributed by atoms with Gasteiger partial charge in [-0.05, 0) is 61.9 Å². The number of rotatable bonds is 5. The molecule has 0 unspecified atom stereocenters. The van der Waals surface area contributed by atoms with Gasteiger partial charge in [-0.3, -0.25) is 4.79 Å². The highest BCUT2D eigenvalue weighted by Crippen LogP contribution is 2.36. The molecule has 1 heterocycles. The smallest absolute Gasteiger partial charge is 0.341 e. The van der Waals surface area contributed by atoms with Crippen LogP contribution in [-0.4, -0.2) is 21.2 Å². The second-order valence-corrected chi connectivity index (χ2v) is 8.83. The van der Waals surface area contributed by atoms with Gasteiger partial charge < -0.3 is 14.4 Å². The topological polar surface area (TPSA) is 68.5 Å². The molecule has 1 aromatic heterocycles. The van der Waals surface area contributed by atoms with Crippen molar-refractivity contribution in [3.8, 4) is 11.1 Å². The Morgan fingerprint density at radius 2 is 1.77 bits per heavy atom. The van der Waals surface area contributed by atoms with Crippen LogP contribution in [0.2, 0.25) is 5.02 Å². The number of ether oxygens (including phenoxy) is 1. The molecule has 0 amide bonds. The SMILES string of the molecule is CCc1ccc(-c2c(/C(=C/OC(C)(C)C)C(=O)O)n(C)c(=O)c3ccc(Cl)cc23)cc1. The number of hydrogen-bond acceptors (Lipinski definition) is 3. The highest BCUT2D eigenvalue weighted by Gasteiger charge is 2.25. The van der Waals surface area contributed by atoms with Crippen molar-refractivity contribution in [1.29, 1.82) is 0 Å². The number of aryl methyl sites for hydroxylation is 1. The lowest BCUT2D eigenvalue weighted by molar-refractivity contribution is -0.130. The number of pyridine rings is 1. The van der Waals surface area contributed by atoms with Gasteiger partial charge in [0.2, 0.25) is 0 Å². The van der Waals surface area contributed by atoms with Crippen LogP contribution in [0, 0.1) is 0 Å². The minimum Gasteiger partial charge on any atom is -0.495 e. The van der Waals surface area contributed by atoms with E-state index in [9.17, 15) is 14.7 Å². The molecule has 31 heavy (non-hydrogen) atoms. The third-order valence-corrected chi connectivity index (χ3v) is 5.26. The predicted molar refractivity (Wildman–Crippen MR) is 125 cm³/mol. The summed E-state index contributed by atoms with van der Waals surface area (Å²) >= 11 is 6.27. The number of carboxylic acids is 1. The Labute approximate surface area is 186 Å². The molecule has 3 aromatic rings. The molecule has 0 aliphatic carbocycles. The molecule has 2 aromatic carbocycles. The number of hydrogen-bond donors (Lipinski definition) is 1. The number of halogens is 1. The molecule has 162 valence electrons. The van der Waals surface area contributed by atoms with Gasteiger partial charge in [-0.1, -0.05) is 42.8 Å². The van der Waals surface area contributed by atoms with Gasteiger partial charge in [0.15, 0.2) is 0 Å². The Kier molecular flexibility index (Phi) is 6.27. The molecule has 5 nitrogen and oxygen atoms in total. The zero-order valence-corrected chi connectivity index (χ0v) is 19.1. The number of fused-ring (bicyclic) bond motifs is 1. The number of carbonyl (C=O) groups is 1. The molecule has 6 heteroatoms. The lowest BCUT2D eigenvalue weighted by atomic mass is 9.93. The van der Waals surface area contributed by atoms with Gasteiger partial charge in [-0.15, -0.1) is 0 Å². The predicted octanol–water partition coefficient (Wildman–Crippen LogP) is 5.66. The van der Waals surface area contributed by atoms with Crippen LogP contribution in [0.15, 0.2) is 53.5 Å². The van der Waals surface area contributed by atoms with Crippen LogP contribution in [0.3, 0.4) is 0 Å². The lowest BCUT2D eigenvalue weighted by Gasteiger charge is -2.21. The summed E-state index contributed by atoms with van der Waals surface area (Å²) in [7, 11) is 1.57. The summed E-state index contributed by atoms with van der Waals surface area (Å²) in [5.41, 5.74) is 1.82. The summed E-state index contributed by atoms with van der Waals surface area (Å²) in [6.07, 6.45) is 2.10. The molecule has 0 fully saturated rings. The Morgan fingerprint density at radius 1 is 1.13 bits per heavy atom. The van der Waals surface area contributed by atoms with E-state index < -0.39 is 11.6 Å². The molecular formula is C25H26ClNO4. The van der Waals surface area contributed by atoms with Crippen LogP contribution in [0.4, 0.5) is 0 Å². The normalized spacial score (nSPS) is 12.3. The molecule has 0 saturated carbocycles. The van der Waals surface area contributed by atoms with E-state index in [1.165, 1.54) is 10.8 Å². The second-order valence-electron chi connectivity index (χ2n) is 8.40. The molecule has 0 bridgehead atoms. The van der Waals surface area contributed by atoms with Gasteiger partial charge in [-0.2, -0.15) is 0 Å². The Hall–Kier alpha value is -3.05. The van der Waals surface area contributed by atoms with E-state index in [1.54, 1.807) is 25.2 Å². The van der Waals surface area contributed by atoms with Gasteiger partial charge in [0.25, 0.3) is 5.56 Å². The lowest BCUT2D eigenvalue weighted by Crippen LogP contribution is -2.24. The Bertz CT molecular complexity index is 1230. The summed E-state index contributed by atoms with van der Waals surface area (Å²) in [4.78, 5) is 25.4. The van der Waals surface area contributed by atoms with Crippen molar-refractivity contribution in [1.82, 2.24) is 4.57 Å². The molecule has 0 aliphatic rings. The maximum absolute atomic E-state index is 13.1. The van der Waals surface area contributed by atoms with Crippen molar-refractivity contribution in [2.24, 2.45) is 7.05 Å². The molecule has 3 rings (SSSR count). The number of carboxylic acid groups (broad SMARTS) is 1. The number of nitrogens with zero attached hydrogens (tertiary/aromatic N) is 1. The number of aliphatic carboxylic acids is 1. The summed E-state index contributed by atoms with van der Waals surface area (Å²) in [5.74, 6) is -1.19.